The molecule has 1 N–H and O–H groups in total. The zero-order valence-corrected chi connectivity index (χ0v) is 21.1. The highest BCUT2D eigenvalue weighted by atomic mass is 19.1. The third-order valence-corrected chi connectivity index (χ3v) is 6.24. The molecule has 0 atom stereocenters. The van der Waals surface area contributed by atoms with Gasteiger partial charge < -0.3 is 19.9 Å². The first-order valence-corrected chi connectivity index (χ1v) is 12.4. The van der Waals surface area contributed by atoms with E-state index in [9.17, 15) is 13.6 Å². The number of morpholine rings is 1. The quantitative estimate of drug-likeness (QED) is 0.455. The summed E-state index contributed by atoms with van der Waals surface area (Å²) in [5.41, 5.74) is 2.67. The van der Waals surface area contributed by atoms with Crippen LogP contribution in [0.1, 0.15) is 42.6 Å². The Bertz CT molecular complexity index is 1190. The molecule has 2 heterocycles. The van der Waals surface area contributed by atoms with E-state index in [1.807, 2.05) is 0 Å². The van der Waals surface area contributed by atoms with Crippen molar-refractivity contribution in [3.63, 3.8) is 0 Å². The Morgan fingerprint density at radius 2 is 1.86 bits per heavy atom. The molecule has 1 fully saturated rings. The number of aromatic nitrogens is 2. The van der Waals surface area contributed by atoms with Crippen LogP contribution in [-0.2, 0) is 11.3 Å². The molecule has 1 aliphatic rings. The van der Waals surface area contributed by atoms with Crippen LogP contribution in [0.5, 0.6) is 0 Å². The summed E-state index contributed by atoms with van der Waals surface area (Å²) >= 11 is 0. The fourth-order valence-corrected chi connectivity index (χ4v) is 4.28. The van der Waals surface area contributed by atoms with E-state index in [0.717, 1.165) is 24.7 Å². The van der Waals surface area contributed by atoms with Gasteiger partial charge in [-0.25, -0.2) is 13.8 Å². The van der Waals surface area contributed by atoms with Gasteiger partial charge >= 0.3 is 0 Å². The van der Waals surface area contributed by atoms with Crippen LogP contribution in [0, 0.1) is 17.6 Å². The van der Waals surface area contributed by atoms with Gasteiger partial charge in [0, 0.05) is 44.9 Å². The molecule has 0 spiro atoms. The molecule has 1 aliphatic heterocycles. The molecule has 3 aromatic rings. The molecule has 0 bridgehead atoms. The Morgan fingerprint density at radius 3 is 2.56 bits per heavy atom. The lowest BCUT2D eigenvalue weighted by molar-refractivity contribution is 0.0791. The van der Waals surface area contributed by atoms with Gasteiger partial charge in [0.05, 0.1) is 30.6 Å². The number of hydrogen-bond acceptors (Lipinski definition) is 6. The SMILES string of the molecule is CC(C)CCCN(C)C(=O)c1cc(NCc2cc(F)cc(F)c2)c2nc(N3CCOCC3)cnc2c1. The van der Waals surface area contributed by atoms with Gasteiger partial charge in [0.2, 0.25) is 0 Å². The molecule has 4 rings (SSSR count). The van der Waals surface area contributed by atoms with Gasteiger partial charge in [-0.15, -0.1) is 0 Å². The Balaban J connectivity index is 1.65. The van der Waals surface area contributed by atoms with Crippen molar-refractivity contribution >= 4 is 28.4 Å². The predicted octanol–water partition coefficient (Wildman–Crippen LogP) is 4.86. The van der Waals surface area contributed by atoms with Gasteiger partial charge in [-0.05, 0) is 48.6 Å². The molecule has 1 aromatic heterocycles. The molecule has 2 aromatic carbocycles. The summed E-state index contributed by atoms with van der Waals surface area (Å²) in [7, 11) is 1.79. The van der Waals surface area contributed by atoms with Gasteiger partial charge in [0.25, 0.3) is 5.91 Å². The van der Waals surface area contributed by atoms with Crippen LogP contribution in [0.15, 0.2) is 36.5 Å². The van der Waals surface area contributed by atoms with Crippen molar-refractivity contribution in [1.82, 2.24) is 14.9 Å². The largest absolute Gasteiger partial charge is 0.379 e. The number of nitrogens with zero attached hydrogens (tertiary/aromatic N) is 4. The number of rotatable bonds is 9. The molecule has 192 valence electrons. The lowest BCUT2D eigenvalue weighted by Crippen LogP contribution is -2.36. The first-order valence-electron chi connectivity index (χ1n) is 12.4. The van der Waals surface area contributed by atoms with Gasteiger partial charge in [-0.3, -0.25) is 9.78 Å². The maximum absolute atomic E-state index is 13.7. The average molecular weight is 498 g/mol. The van der Waals surface area contributed by atoms with E-state index in [-0.39, 0.29) is 12.5 Å². The maximum atomic E-state index is 13.7. The van der Waals surface area contributed by atoms with E-state index in [2.05, 4.69) is 29.0 Å². The molecule has 0 radical (unpaired) electrons. The van der Waals surface area contributed by atoms with Crippen LogP contribution >= 0.6 is 0 Å². The summed E-state index contributed by atoms with van der Waals surface area (Å²) in [4.78, 5) is 26.5. The van der Waals surface area contributed by atoms with E-state index in [1.54, 1.807) is 30.3 Å². The zero-order valence-electron chi connectivity index (χ0n) is 21.1. The van der Waals surface area contributed by atoms with Crippen molar-refractivity contribution < 1.29 is 18.3 Å². The summed E-state index contributed by atoms with van der Waals surface area (Å²) in [6.07, 6.45) is 3.68. The van der Waals surface area contributed by atoms with Gasteiger partial charge in [0.1, 0.15) is 23.0 Å². The molecule has 9 heteroatoms. The van der Waals surface area contributed by atoms with Crippen LogP contribution in [0.2, 0.25) is 0 Å². The fourth-order valence-electron chi connectivity index (χ4n) is 4.28. The number of halogens is 2. The van der Waals surface area contributed by atoms with E-state index in [0.29, 0.717) is 66.6 Å². The van der Waals surface area contributed by atoms with Crippen LogP contribution in [-0.4, -0.2) is 60.7 Å². The highest BCUT2D eigenvalue weighted by molar-refractivity contribution is 6.01. The van der Waals surface area contributed by atoms with Gasteiger partial charge in [-0.2, -0.15) is 0 Å². The average Bonchev–Trinajstić information content (AvgIpc) is 2.86. The minimum Gasteiger partial charge on any atom is -0.379 e. The number of nitrogens with one attached hydrogen (secondary N) is 1. The third-order valence-electron chi connectivity index (χ3n) is 6.24. The molecular weight excluding hydrogens is 464 g/mol. The Morgan fingerprint density at radius 1 is 1.14 bits per heavy atom. The molecule has 0 unspecified atom stereocenters. The predicted molar refractivity (Wildman–Crippen MR) is 137 cm³/mol. The van der Waals surface area contributed by atoms with Crippen LogP contribution in [0.25, 0.3) is 11.0 Å². The number of carbonyl (C=O) groups excluding carboxylic acids is 1. The Labute approximate surface area is 210 Å². The van der Waals surface area contributed by atoms with Crippen LogP contribution in [0.3, 0.4) is 0 Å². The lowest BCUT2D eigenvalue weighted by atomic mass is 10.1. The smallest absolute Gasteiger partial charge is 0.253 e. The van der Waals surface area contributed by atoms with E-state index in [4.69, 9.17) is 9.72 Å². The normalized spacial score (nSPS) is 13.9. The minimum absolute atomic E-state index is 0.112. The molecular formula is C27H33F2N5O2. The Kier molecular flexibility index (Phi) is 8.30. The second-order valence-electron chi connectivity index (χ2n) is 9.61. The molecule has 1 saturated heterocycles. The van der Waals surface area contributed by atoms with Crippen molar-refractivity contribution in [2.45, 2.75) is 33.2 Å². The van der Waals surface area contributed by atoms with Gasteiger partial charge in [-0.1, -0.05) is 13.8 Å². The van der Waals surface area contributed by atoms with Crippen molar-refractivity contribution in [2.75, 3.05) is 50.1 Å². The number of carbonyl (C=O) groups is 1. The van der Waals surface area contributed by atoms with Crippen molar-refractivity contribution in [1.29, 1.82) is 0 Å². The monoisotopic (exact) mass is 497 g/mol. The minimum atomic E-state index is -0.641. The molecule has 7 nitrogen and oxygen atoms in total. The molecule has 0 aliphatic carbocycles. The summed E-state index contributed by atoms with van der Waals surface area (Å²) in [5, 5.41) is 3.23. The first-order chi connectivity index (χ1) is 17.3. The Hall–Kier alpha value is -3.33. The highest BCUT2D eigenvalue weighted by Crippen LogP contribution is 2.27. The molecule has 0 saturated carbocycles. The lowest BCUT2D eigenvalue weighted by Gasteiger charge is -2.27. The van der Waals surface area contributed by atoms with Crippen molar-refractivity contribution in [2.24, 2.45) is 5.92 Å². The van der Waals surface area contributed by atoms with E-state index >= 15 is 0 Å². The molecule has 36 heavy (non-hydrogen) atoms. The number of fused-ring (bicyclic) bond motifs is 1. The van der Waals surface area contributed by atoms with E-state index in [1.165, 1.54) is 12.1 Å². The third kappa shape index (κ3) is 6.46. The summed E-state index contributed by atoms with van der Waals surface area (Å²) in [6.45, 7) is 7.80. The summed E-state index contributed by atoms with van der Waals surface area (Å²) in [5.74, 6) is -0.0975. The van der Waals surface area contributed by atoms with E-state index < -0.39 is 11.6 Å². The number of amides is 1. The van der Waals surface area contributed by atoms with Crippen LogP contribution < -0.4 is 10.2 Å². The number of benzene rings is 2. The second kappa shape index (κ2) is 11.6. The summed E-state index contributed by atoms with van der Waals surface area (Å²) in [6, 6.07) is 6.89. The number of hydrogen-bond donors (Lipinski definition) is 1. The zero-order chi connectivity index (χ0) is 25.7. The highest BCUT2D eigenvalue weighted by Gasteiger charge is 2.19. The second-order valence-corrected chi connectivity index (χ2v) is 9.61. The number of ether oxygens (including phenoxy) is 1. The van der Waals surface area contributed by atoms with Crippen LogP contribution in [0.4, 0.5) is 20.3 Å². The maximum Gasteiger partial charge on any atom is 0.253 e. The van der Waals surface area contributed by atoms with Crippen molar-refractivity contribution in [3.05, 3.63) is 59.3 Å². The molecule has 1 amide bonds. The standard InChI is InChI=1S/C27H33F2N5O2/c1-18(2)5-4-6-33(3)27(35)20-13-23(30-16-19-11-21(28)15-22(29)12-19)26-24(14-20)31-17-25(32-26)34-7-9-36-10-8-34/h11-15,17-18,30H,4-10,16H2,1-3H3. The first kappa shape index (κ1) is 25.8. The fraction of sp³-hybridized carbons (Fsp3) is 0.444. The number of anilines is 2. The topological polar surface area (TPSA) is 70.6 Å². The van der Waals surface area contributed by atoms with Crippen molar-refractivity contribution in [3.8, 4) is 0 Å². The van der Waals surface area contributed by atoms with Gasteiger partial charge in [0.15, 0.2) is 0 Å². The summed E-state index contributed by atoms with van der Waals surface area (Å²) < 4.78 is 32.9.